The van der Waals surface area contributed by atoms with Crippen LogP contribution >= 0.6 is 0 Å². The van der Waals surface area contributed by atoms with Gasteiger partial charge < -0.3 is 0 Å². The number of carbonyl (C=O) groups excluding carboxylic acids is 1. The van der Waals surface area contributed by atoms with Gasteiger partial charge in [0.2, 0.25) is 0 Å². The molecular weight excluding hydrogens is 312 g/mol. The third-order valence-corrected chi connectivity index (χ3v) is 5.64. The molecule has 0 heterocycles. The van der Waals surface area contributed by atoms with E-state index in [4.69, 9.17) is 0 Å². The summed E-state index contributed by atoms with van der Waals surface area (Å²) in [5, 5.41) is -1.22. The first-order chi connectivity index (χ1) is 11.0. The number of hydrogen-bond donors (Lipinski definition) is 1. The maximum Gasteiger partial charge on any atom is 0.272 e. The fourth-order valence-corrected chi connectivity index (χ4v) is 4.54. The Hall–Kier alpha value is -1.98. The van der Waals surface area contributed by atoms with Crippen LogP contribution in [0.2, 0.25) is 0 Å². The van der Waals surface area contributed by atoms with Crippen LogP contribution in [0.5, 0.6) is 0 Å². The molecule has 4 nitrogen and oxygen atoms in total. The Morgan fingerprint density at radius 2 is 1.65 bits per heavy atom. The van der Waals surface area contributed by atoms with Crippen molar-refractivity contribution in [3.63, 3.8) is 0 Å². The zero-order chi connectivity index (χ0) is 16.4. The molecule has 0 aliphatic heterocycles. The Bertz CT molecular complexity index is 812. The van der Waals surface area contributed by atoms with Gasteiger partial charge in [0.05, 0.1) is 0 Å². The van der Waals surface area contributed by atoms with E-state index in [1.165, 1.54) is 0 Å². The summed E-state index contributed by atoms with van der Waals surface area (Å²) in [4.78, 5) is 12.9. The standard InChI is InChI=1S/C18H18O4S/c19-17-15-11-5-4-7-13(15)10-6-12-16(17)18(23(20,21)22)14-8-2-1-3-9-14/h1-5,7-9,11,16,18H,6,10,12H2,(H,20,21,22). The summed E-state index contributed by atoms with van der Waals surface area (Å²) in [5.74, 6) is -0.972. The van der Waals surface area contributed by atoms with Crippen LogP contribution in [0.25, 0.3) is 0 Å². The van der Waals surface area contributed by atoms with E-state index in [2.05, 4.69) is 0 Å². The van der Waals surface area contributed by atoms with Crippen molar-refractivity contribution in [2.24, 2.45) is 5.92 Å². The van der Waals surface area contributed by atoms with E-state index < -0.39 is 21.3 Å². The van der Waals surface area contributed by atoms with Crippen molar-refractivity contribution in [1.29, 1.82) is 0 Å². The minimum Gasteiger partial charge on any atom is -0.294 e. The van der Waals surface area contributed by atoms with Gasteiger partial charge in [0.15, 0.2) is 5.78 Å². The van der Waals surface area contributed by atoms with Crippen molar-refractivity contribution in [2.75, 3.05) is 0 Å². The van der Waals surface area contributed by atoms with Crippen LogP contribution in [0.1, 0.15) is 39.6 Å². The van der Waals surface area contributed by atoms with Gasteiger partial charge in [0, 0.05) is 11.5 Å². The minimum atomic E-state index is -4.39. The molecule has 0 saturated heterocycles. The highest BCUT2D eigenvalue weighted by Gasteiger charge is 2.39. The van der Waals surface area contributed by atoms with E-state index in [9.17, 15) is 17.8 Å². The van der Waals surface area contributed by atoms with E-state index >= 15 is 0 Å². The lowest BCUT2D eigenvalue weighted by molar-refractivity contribution is 0.0908. The van der Waals surface area contributed by atoms with Gasteiger partial charge >= 0.3 is 0 Å². The summed E-state index contributed by atoms with van der Waals surface area (Å²) in [6.45, 7) is 0. The van der Waals surface area contributed by atoms with Crippen LogP contribution in [-0.2, 0) is 16.5 Å². The Morgan fingerprint density at radius 3 is 2.35 bits per heavy atom. The predicted octanol–water partition coefficient (Wildman–Crippen LogP) is 3.45. The zero-order valence-electron chi connectivity index (χ0n) is 12.6. The molecule has 0 fully saturated rings. The normalized spacial score (nSPS) is 19.7. The second-order valence-corrected chi connectivity index (χ2v) is 7.40. The lowest BCUT2D eigenvalue weighted by Gasteiger charge is -2.23. The molecule has 3 rings (SSSR count). The van der Waals surface area contributed by atoms with E-state index in [0.29, 0.717) is 24.0 Å². The van der Waals surface area contributed by atoms with Gasteiger partial charge in [-0.15, -0.1) is 0 Å². The number of ketones is 1. The number of rotatable bonds is 3. The summed E-state index contributed by atoms with van der Waals surface area (Å²) >= 11 is 0. The number of hydrogen-bond acceptors (Lipinski definition) is 3. The molecule has 0 bridgehead atoms. The zero-order valence-corrected chi connectivity index (χ0v) is 13.4. The maximum absolute atomic E-state index is 12.9. The molecule has 0 radical (unpaired) electrons. The van der Waals surface area contributed by atoms with Crippen molar-refractivity contribution in [2.45, 2.75) is 24.5 Å². The van der Waals surface area contributed by atoms with Crippen molar-refractivity contribution < 1.29 is 17.8 Å². The monoisotopic (exact) mass is 330 g/mol. The third kappa shape index (κ3) is 3.21. The molecule has 1 aliphatic rings. The molecule has 0 aromatic heterocycles. The molecule has 0 spiro atoms. The summed E-state index contributed by atoms with van der Waals surface area (Å²) in [6, 6.07) is 15.8. The fourth-order valence-electron chi connectivity index (χ4n) is 3.37. The number of benzene rings is 2. The molecule has 120 valence electrons. The molecule has 0 amide bonds. The van der Waals surface area contributed by atoms with Crippen LogP contribution < -0.4 is 0 Å². The molecule has 1 aliphatic carbocycles. The van der Waals surface area contributed by atoms with E-state index in [-0.39, 0.29) is 5.78 Å². The Balaban J connectivity index is 2.09. The average Bonchev–Trinajstić information content (AvgIpc) is 2.68. The molecule has 5 heteroatoms. The molecule has 1 N–H and O–H groups in total. The highest BCUT2D eigenvalue weighted by Crippen LogP contribution is 2.37. The summed E-state index contributed by atoms with van der Waals surface area (Å²) in [5.41, 5.74) is 1.97. The van der Waals surface area contributed by atoms with Gasteiger partial charge in [0.1, 0.15) is 5.25 Å². The van der Waals surface area contributed by atoms with Crippen LogP contribution in [-0.4, -0.2) is 18.8 Å². The quantitative estimate of drug-likeness (QED) is 0.691. The van der Waals surface area contributed by atoms with Gasteiger partial charge in [-0.05, 0) is 30.4 Å². The van der Waals surface area contributed by atoms with Gasteiger partial charge in [0.25, 0.3) is 10.1 Å². The van der Waals surface area contributed by atoms with E-state index in [1.807, 2.05) is 12.1 Å². The van der Waals surface area contributed by atoms with Gasteiger partial charge in [-0.2, -0.15) is 8.42 Å². The van der Waals surface area contributed by atoms with E-state index in [1.54, 1.807) is 42.5 Å². The maximum atomic E-state index is 12.9. The molecular formula is C18H18O4S. The summed E-state index contributed by atoms with van der Waals surface area (Å²) in [7, 11) is -4.39. The predicted molar refractivity (Wildman–Crippen MR) is 87.9 cm³/mol. The van der Waals surface area contributed by atoms with Crippen molar-refractivity contribution in [1.82, 2.24) is 0 Å². The SMILES string of the molecule is O=C1c2ccccc2CCCC1C(c1ccccc1)S(=O)(=O)O. The molecule has 2 aromatic rings. The first-order valence-electron chi connectivity index (χ1n) is 7.62. The van der Waals surface area contributed by atoms with Crippen LogP contribution in [0.3, 0.4) is 0 Å². The molecule has 2 aromatic carbocycles. The number of aryl methyl sites for hydroxylation is 1. The largest absolute Gasteiger partial charge is 0.294 e. The van der Waals surface area contributed by atoms with Crippen LogP contribution in [0, 0.1) is 5.92 Å². The minimum absolute atomic E-state index is 0.204. The lowest BCUT2D eigenvalue weighted by Crippen LogP contribution is -2.28. The van der Waals surface area contributed by atoms with Crippen molar-refractivity contribution in [3.8, 4) is 0 Å². The molecule has 0 saturated carbocycles. The van der Waals surface area contributed by atoms with Gasteiger partial charge in [-0.25, -0.2) is 0 Å². The molecule has 2 atom stereocenters. The summed E-state index contributed by atoms with van der Waals surface area (Å²) < 4.78 is 33.8. The Labute approximate surface area is 135 Å². The van der Waals surface area contributed by atoms with Crippen LogP contribution in [0.4, 0.5) is 0 Å². The van der Waals surface area contributed by atoms with Crippen molar-refractivity contribution >= 4 is 15.9 Å². The highest BCUT2D eigenvalue weighted by molar-refractivity contribution is 7.86. The second-order valence-electron chi connectivity index (χ2n) is 5.87. The molecule has 23 heavy (non-hydrogen) atoms. The van der Waals surface area contributed by atoms with E-state index in [0.717, 1.165) is 12.0 Å². The lowest BCUT2D eigenvalue weighted by atomic mass is 9.89. The average molecular weight is 330 g/mol. The molecule has 2 unspecified atom stereocenters. The van der Waals surface area contributed by atoms with Gasteiger partial charge in [-0.1, -0.05) is 54.6 Å². The Morgan fingerprint density at radius 1 is 1.00 bits per heavy atom. The summed E-state index contributed by atoms with van der Waals surface area (Å²) in [6.07, 6.45) is 1.89. The smallest absolute Gasteiger partial charge is 0.272 e. The first kappa shape index (κ1) is 15.9. The number of fused-ring (bicyclic) bond motifs is 1. The highest BCUT2D eigenvalue weighted by atomic mass is 32.2. The second kappa shape index (κ2) is 6.26. The number of carbonyl (C=O) groups is 1. The van der Waals surface area contributed by atoms with Crippen LogP contribution in [0.15, 0.2) is 54.6 Å². The topological polar surface area (TPSA) is 71.4 Å². The third-order valence-electron chi connectivity index (χ3n) is 4.40. The fraction of sp³-hybridized carbons (Fsp3) is 0.278. The number of Topliss-reactive ketones (excluding diaryl/α,β-unsaturated/α-hetero) is 1. The first-order valence-corrected chi connectivity index (χ1v) is 9.12. The van der Waals surface area contributed by atoms with Crippen molar-refractivity contribution in [3.05, 3.63) is 71.3 Å². The Kier molecular flexibility index (Phi) is 4.33. The van der Waals surface area contributed by atoms with Gasteiger partial charge in [-0.3, -0.25) is 9.35 Å².